The van der Waals surface area contributed by atoms with Gasteiger partial charge in [0.15, 0.2) is 6.04 Å². The standard InChI is InChI=1S/C17H18FNO2/c1-11-8-9-13(12(2)10-11)16(17(20)21-3)19-15-7-5-4-6-14(15)18/h4-10,16,19H,1-3H3. The second kappa shape index (κ2) is 6.39. The van der Waals surface area contributed by atoms with Crippen LogP contribution in [-0.2, 0) is 9.53 Å². The average Bonchev–Trinajstić information content (AvgIpc) is 2.46. The Balaban J connectivity index is 2.40. The van der Waals surface area contributed by atoms with E-state index < -0.39 is 17.8 Å². The Morgan fingerprint density at radius 3 is 2.52 bits per heavy atom. The number of carbonyl (C=O) groups is 1. The number of esters is 1. The van der Waals surface area contributed by atoms with Gasteiger partial charge in [-0.15, -0.1) is 0 Å². The van der Waals surface area contributed by atoms with Crippen molar-refractivity contribution in [2.75, 3.05) is 12.4 Å². The molecule has 0 saturated carbocycles. The number of carbonyl (C=O) groups excluding carboxylic acids is 1. The van der Waals surface area contributed by atoms with Crippen LogP contribution < -0.4 is 5.32 Å². The number of nitrogens with one attached hydrogen (secondary N) is 1. The first-order valence-electron chi connectivity index (χ1n) is 6.69. The molecular weight excluding hydrogens is 269 g/mol. The summed E-state index contributed by atoms with van der Waals surface area (Å²) in [5, 5.41) is 2.93. The number of benzene rings is 2. The summed E-state index contributed by atoms with van der Waals surface area (Å²) < 4.78 is 18.6. The van der Waals surface area contributed by atoms with Crippen molar-refractivity contribution >= 4 is 11.7 Å². The van der Waals surface area contributed by atoms with Crippen LogP contribution in [0.4, 0.5) is 10.1 Å². The summed E-state index contributed by atoms with van der Waals surface area (Å²) in [6.45, 7) is 3.90. The van der Waals surface area contributed by atoms with Crippen LogP contribution in [0, 0.1) is 19.7 Å². The lowest BCUT2D eigenvalue weighted by atomic mass is 9.99. The number of anilines is 1. The first-order chi connectivity index (χ1) is 10.0. The minimum atomic E-state index is -0.743. The maximum Gasteiger partial charge on any atom is 0.332 e. The molecule has 110 valence electrons. The fourth-order valence-electron chi connectivity index (χ4n) is 2.26. The van der Waals surface area contributed by atoms with E-state index in [0.717, 1.165) is 16.7 Å². The Morgan fingerprint density at radius 1 is 1.19 bits per heavy atom. The molecule has 0 spiro atoms. The predicted octanol–water partition coefficient (Wildman–Crippen LogP) is 3.77. The molecule has 0 aliphatic carbocycles. The summed E-state index contributed by atoms with van der Waals surface area (Å²) in [6.07, 6.45) is 0. The Morgan fingerprint density at radius 2 is 1.90 bits per heavy atom. The highest BCUT2D eigenvalue weighted by Crippen LogP contribution is 2.25. The van der Waals surface area contributed by atoms with Gasteiger partial charge >= 0.3 is 5.97 Å². The van der Waals surface area contributed by atoms with Gasteiger partial charge in [-0.25, -0.2) is 9.18 Å². The normalized spacial score (nSPS) is 11.8. The van der Waals surface area contributed by atoms with E-state index in [1.54, 1.807) is 18.2 Å². The predicted molar refractivity (Wildman–Crippen MR) is 80.7 cm³/mol. The molecule has 2 rings (SSSR count). The number of hydrogen-bond acceptors (Lipinski definition) is 3. The number of halogens is 1. The Labute approximate surface area is 123 Å². The van der Waals surface area contributed by atoms with Gasteiger partial charge in [0.1, 0.15) is 5.82 Å². The zero-order valence-electron chi connectivity index (χ0n) is 12.3. The Kier molecular flexibility index (Phi) is 4.58. The lowest BCUT2D eigenvalue weighted by Crippen LogP contribution is -2.23. The third kappa shape index (κ3) is 3.40. The molecule has 1 atom stereocenters. The van der Waals surface area contributed by atoms with Gasteiger partial charge in [0, 0.05) is 0 Å². The van der Waals surface area contributed by atoms with Gasteiger partial charge < -0.3 is 10.1 Å². The average molecular weight is 287 g/mol. The van der Waals surface area contributed by atoms with Crippen molar-refractivity contribution in [3.8, 4) is 0 Å². The highest BCUT2D eigenvalue weighted by Gasteiger charge is 2.23. The molecule has 2 aromatic carbocycles. The van der Waals surface area contributed by atoms with E-state index in [1.807, 2.05) is 32.0 Å². The lowest BCUT2D eigenvalue weighted by molar-refractivity contribution is -0.141. The molecule has 0 heterocycles. The highest BCUT2D eigenvalue weighted by atomic mass is 19.1. The van der Waals surface area contributed by atoms with Crippen molar-refractivity contribution in [3.63, 3.8) is 0 Å². The van der Waals surface area contributed by atoms with Gasteiger partial charge in [-0.2, -0.15) is 0 Å². The minimum Gasteiger partial charge on any atom is -0.467 e. The molecular formula is C17H18FNO2. The summed E-state index contributed by atoms with van der Waals surface area (Å²) in [7, 11) is 1.32. The van der Waals surface area contributed by atoms with Crippen molar-refractivity contribution in [1.82, 2.24) is 0 Å². The molecule has 1 N–H and O–H groups in total. The summed E-state index contributed by atoms with van der Waals surface area (Å²) in [4.78, 5) is 12.1. The largest absolute Gasteiger partial charge is 0.467 e. The third-order valence-corrected chi connectivity index (χ3v) is 3.35. The molecule has 2 aromatic rings. The summed E-state index contributed by atoms with van der Waals surface area (Å²) >= 11 is 0. The van der Waals surface area contributed by atoms with Crippen LogP contribution in [0.25, 0.3) is 0 Å². The van der Waals surface area contributed by atoms with E-state index >= 15 is 0 Å². The molecule has 0 fully saturated rings. The Hall–Kier alpha value is -2.36. The molecule has 0 amide bonds. The van der Waals surface area contributed by atoms with E-state index in [-0.39, 0.29) is 5.69 Å². The Bertz CT molecular complexity index is 655. The van der Waals surface area contributed by atoms with Gasteiger partial charge in [0.05, 0.1) is 12.8 Å². The molecule has 21 heavy (non-hydrogen) atoms. The number of methoxy groups -OCH3 is 1. The van der Waals surface area contributed by atoms with Gasteiger partial charge in [0.2, 0.25) is 0 Å². The molecule has 0 aliphatic heterocycles. The van der Waals surface area contributed by atoms with Crippen LogP contribution in [0.2, 0.25) is 0 Å². The molecule has 0 aliphatic rings. The van der Waals surface area contributed by atoms with E-state index in [0.29, 0.717) is 0 Å². The summed E-state index contributed by atoms with van der Waals surface area (Å²) in [5.74, 6) is -0.860. The van der Waals surface area contributed by atoms with E-state index in [2.05, 4.69) is 5.32 Å². The van der Waals surface area contributed by atoms with Crippen molar-refractivity contribution in [1.29, 1.82) is 0 Å². The van der Waals surface area contributed by atoms with E-state index in [4.69, 9.17) is 4.74 Å². The van der Waals surface area contributed by atoms with Crippen LogP contribution in [-0.4, -0.2) is 13.1 Å². The minimum absolute atomic E-state index is 0.271. The zero-order valence-corrected chi connectivity index (χ0v) is 12.3. The van der Waals surface area contributed by atoms with Crippen molar-refractivity contribution in [2.24, 2.45) is 0 Å². The number of para-hydroxylation sites is 1. The maximum absolute atomic E-state index is 13.8. The summed E-state index contributed by atoms with van der Waals surface area (Å²) in [6, 6.07) is 11.3. The van der Waals surface area contributed by atoms with Crippen LogP contribution in [0.1, 0.15) is 22.7 Å². The van der Waals surface area contributed by atoms with Crippen LogP contribution in [0.15, 0.2) is 42.5 Å². The monoisotopic (exact) mass is 287 g/mol. The topological polar surface area (TPSA) is 38.3 Å². The fourth-order valence-corrected chi connectivity index (χ4v) is 2.26. The fraction of sp³-hybridized carbons (Fsp3) is 0.235. The summed E-state index contributed by atoms with van der Waals surface area (Å²) in [5.41, 5.74) is 3.10. The molecule has 0 saturated heterocycles. The molecule has 0 bridgehead atoms. The number of ether oxygens (including phenoxy) is 1. The van der Waals surface area contributed by atoms with Gasteiger partial charge in [-0.1, -0.05) is 35.9 Å². The van der Waals surface area contributed by atoms with Crippen LogP contribution in [0.3, 0.4) is 0 Å². The molecule has 0 radical (unpaired) electrons. The van der Waals surface area contributed by atoms with Crippen molar-refractivity contribution in [2.45, 2.75) is 19.9 Å². The van der Waals surface area contributed by atoms with Gasteiger partial charge in [-0.05, 0) is 37.1 Å². The smallest absolute Gasteiger partial charge is 0.332 e. The van der Waals surface area contributed by atoms with E-state index in [1.165, 1.54) is 13.2 Å². The number of hydrogen-bond donors (Lipinski definition) is 1. The number of aryl methyl sites for hydroxylation is 2. The molecule has 0 aromatic heterocycles. The highest BCUT2D eigenvalue weighted by molar-refractivity contribution is 5.81. The number of rotatable bonds is 4. The maximum atomic E-state index is 13.8. The second-order valence-corrected chi connectivity index (χ2v) is 4.94. The first-order valence-corrected chi connectivity index (χ1v) is 6.69. The van der Waals surface area contributed by atoms with Crippen LogP contribution in [0.5, 0.6) is 0 Å². The zero-order chi connectivity index (χ0) is 15.4. The van der Waals surface area contributed by atoms with Crippen molar-refractivity contribution < 1.29 is 13.9 Å². The van der Waals surface area contributed by atoms with E-state index in [9.17, 15) is 9.18 Å². The molecule has 3 nitrogen and oxygen atoms in total. The van der Waals surface area contributed by atoms with Crippen molar-refractivity contribution in [3.05, 3.63) is 65.0 Å². The van der Waals surface area contributed by atoms with Gasteiger partial charge in [-0.3, -0.25) is 0 Å². The lowest BCUT2D eigenvalue weighted by Gasteiger charge is -2.20. The first kappa shape index (κ1) is 15.0. The molecule has 1 unspecified atom stereocenters. The third-order valence-electron chi connectivity index (χ3n) is 3.35. The van der Waals surface area contributed by atoms with Gasteiger partial charge in [0.25, 0.3) is 0 Å². The van der Waals surface area contributed by atoms with Crippen LogP contribution >= 0.6 is 0 Å². The quantitative estimate of drug-likeness (QED) is 0.870. The molecule has 4 heteroatoms. The SMILES string of the molecule is COC(=O)C(Nc1ccccc1F)c1ccc(C)cc1C. The second-order valence-electron chi connectivity index (χ2n) is 4.94.